The molecule has 6 nitrogen and oxygen atoms in total. The number of urea groups is 1. The smallest absolute Gasteiger partial charge is 0.317 e. The molecule has 2 aromatic heterocycles. The highest BCUT2D eigenvalue weighted by atomic mass is 16.2. The Kier molecular flexibility index (Phi) is 4.60. The zero-order valence-electron chi connectivity index (χ0n) is 13.7. The van der Waals surface area contributed by atoms with E-state index >= 15 is 0 Å². The summed E-state index contributed by atoms with van der Waals surface area (Å²) in [5.74, 6) is 0.584. The zero-order valence-corrected chi connectivity index (χ0v) is 13.7. The van der Waals surface area contributed by atoms with Crippen molar-refractivity contribution >= 4 is 11.8 Å². The molecule has 0 saturated carbocycles. The van der Waals surface area contributed by atoms with Gasteiger partial charge in [0.25, 0.3) is 0 Å². The highest BCUT2D eigenvalue weighted by Crippen LogP contribution is 2.33. The van der Waals surface area contributed by atoms with Crippen molar-refractivity contribution in [2.24, 2.45) is 0 Å². The van der Waals surface area contributed by atoms with E-state index in [1.807, 2.05) is 30.9 Å². The number of hydrogen-bond donors (Lipinski definition) is 2. The fourth-order valence-electron chi connectivity index (χ4n) is 3.32. The van der Waals surface area contributed by atoms with Gasteiger partial charge in [-0.2, -0.15) is 5.10 Å². The van der Waals surface area contributed by atoms with Crippen LogP contribution in [0.1, 0.15) is 48.7 Å². The topological polar surface area (TPSA) is 73.9 Å². The first-order valence-corrected chi connectivity index (χ1v) is 8.17. The van der Waals surface area contributed by atoms with Crippen molar-refractivity contribution in [1.82, 2.24) is 20.1 Å². The third-order valence-corrected chi connectivity index (χ3v) is 4.43. The molecule has 3 heterocycles. The van der Waals surface area contributed by atoms with E-state index in [0.717, 1.165) is 49.2 Å². The number of anilines is 1. The van der Waals surface area contributed by atoms with Crippen molar-refractivity contribution in [3.05, 3.63) is 41.3 Å². The molecule has 1 aliphatic rings. The molecule has 0 bridgehead atoms. The van der Waals surface area contributed by atoms with Crippen molar-refractivity contribution in [3.63, 3.8) is 0 Å². The summed E-state index contributed by atoms with van der Waals surface area (Å²) in [4.78, 5) is 18.9. The van der Waals surface area contributed by atoms with E-state index in [1.165, 1.54) is 0 Å². The third-order valence-electron chi connectivity index (χ3n) is 4.43. The van der Waals surface area contributed by atoms with Crippen molar-refractivity contribution < 1.29 is 4.79 Å². The molecule has 0 aromatic carbocycles. The number of likely N-dealkylation sites (tertiary alicyclic amines) is 1. The van der Waals surface area contributed by atoms with Crippen LogP contribution in [-0.2, 0) is 0 Å². The number of aryl methyl sites for hydroxylation is 2. The molecule has 122 valence electrons. The lowest BCUT2D eigenvalue weighted by atomic mass is 9.99. The Morgan fingerprint density at radius 1 is 1.30 bits per heavy atom. The molecular weight excluding hydrogens is 290 g/mol. The van der Waals surface area contributed by atoms with Gasteiger partial charge in [-0.15, -0.1) is 0 Å². The predicted octanol–water partition coefficient (Wildman–Crippen LogP) is 3.57. The van der Waals surface area contributed by atoms with E-state index in [9.17, 15) is 4.79 Å². The average Bonchev–Trinajstić information content (AvgIpc) is 2.76. The van der Waals surface area contributed by atoms with Crippen LogP contribution in [0.3, 0.4) is 0 Å². The summed E-state index contributed by atoms with van der Waals surface area (Å²) in [7, 11) is 0. The van der Waals surface area contributed by atoms with Gasteiger partial charge in [-0.25, -0.2) is 9.78 Å². The first-order chi connectivity index (χ1) is 11.2. The van der Waals surface area contributed by atoms with Crippen molar-refractivity contribution in [3.8, 4) is 0 Å². The Hall–Kier alpha value is -2.37. The lowest BCUT2D eigenvalue weighted by Gasteiger charge is -2.30. The van der Waals surface area contributed by atoms with Gasteiger partial charge in [0.1, 0.15) is 5.82 Å². The number of nitrogens with zero attached hydrogens (tertiary/aromatic N) is 3. The molecule has 2 N–H and O–H groups in total. The van der Waals surface area contributed by atoms with Gasteiger partial charge in [0.2, 0.25) is 0 Å². The molecule has 3 rings (SSSR count). The summed E-state index contributed by atoms with van der Waals surface area (Å²) in [6.07, 6.45) is 5.96. The minimum Gasteiger partial charge on any atom is -0.317 e. The van der Waals surface area contributed by atoms with E-state index in [4.69, 9.17) is 0 Å². The number of carbonyl (C=O) groups is 1. The molecule has 23 heavy (non-hydrogen) atoms. The van der Waals surface area contributed by atoms with Crippen LogP contribution in [0.25, 0.3) is 0 Å². The van der Waals surface area contributed by atoms with Crippen molar-refractivity contribution in [2.45, 2.75) is 45.6 Å². The number of aromatic nitrogens is 3. The van der Waals surface area contributed by atoms with Crippen LogP contribution in [-0.4, -0.2) is 32.7 Å². The van der Waals surface area contributed by atoms with E-state index in [0.29, 0.717) is 5.82 Å². The molecule has 0 spiro atoms. The van der Waals surface area contributed by atoms with Crippen LogP contribution >= 0.6 is 0 Å². The lowest BCUT2D eigenvalue weighted by Crippen LogP contribution is -2.38. The summed E-state index contributed by atoms with van der Waals surface area (Å²) in [6.45, 7) is 4.78. The molecule has 2 aromatic rings. The van der Waals surface area contributed by atoms with E-state index in [-0.39, 0.29) is 12.1 Å². The molecular formula is C17H23N5O. The fourth-order valence-corrected chi connectivity index (χ4v) is 3.32. The number of rotatable bonds is 2. The van der Waals surface area contributed by atoms with Gasteiger partial charge in [-0.1, -0.05) is 18.9 Å². The number of amides is 2. The van der Waals surface area contributed by atoms with Crippen molar-refractivity contribution in [2.75, 3.05) is 11.9 Å². The largest absolute Gasteiger partial charge is 0.323 e. The molecule has 1 atom stereocenters. The van der Waals surface area contributed by atoms with Crippen LogP contribution in [0.4, 0.5) is 10.6 Å². The number of aromatic amines is 1. The molecule has 0 radical (unpaired) electrons. The Morgan fingerprint density at radius 2 is 2.17 bits per heavy atom. The molecule has 0 unspecified atom stereocenters. The summed E-state index contributed by atoms with van der Waals surface area (Å²) in [5.41, 5.74) is 3.18. The number of hydrogen-bond acceptors (Lipinski definition) is 3. The van der Waals surface area contributed by atoms with Gasteiger partial charge >= 0.3 is 6.03 Å². The van der Waals surface area contributed by atoms with E-state index < -0.39 is 0 Å². The van der Waals surface area contributed by atoms with Crippen LogP contribution in [0.2, 0.25) is 0 Å². The second kappa shape index (κ2) is 6.81. The maximum Gasteiger partial charge on any atom is 0.323 e. The maximum atomic E-state index is 12.8. The number of carbonyl (C=O) groups excluding carboxylic acids is 1. The normalized spacial score (nSPS) is 18.5. The molecule has 0 aliphatic carbocycles. The number of pyridine rings is 1. The minimum atomic E-state index is -0.0874. The molecule has 1 saturated heterocycles. The Labute approximate surface area is 136 Å². The predicted molar refractivity (Wildman–Crippen MR) is 89.2 cm³/mol. The summed E-state index contributed by atoms with van der Waals surface area (Å²) >= 11 is 0. The standard InChI is InChI=1S/C17H23N5O/c1-12-16(13(2)21-20-12)14-8-4-3-7-11-22(14)17(23)19-15-9-5-6-10-18-15/h5-6,9-10,14H,3-4,7-8,11H2,1-2H3,(H,20,21)(H,18,19,23)/t14-/m1/s1. The Balaban J connectivity index is 1.85. The first kappa shape index (κ1) is 15.5. The van der Waals surface area contributed by atoms with Crippen LogP contribution < -0.4 is 5.32 Å². The monoisotopic (exact) mass is 313 g/mol. The number of nitrogens with one attached hydrogen (secondary N) is 2. The molecule has 1 fully saturated rings. The van der Waals surface area contributed by atoms with Crippen molar-refractivity contribution in [1.29, 1.82) is 0 Å². The van der Waals surface area contributed by atoms with Gasteiger partial charge in [-0.05, 0) is 38.8 Å². The highest BCUT2D eigenvalue weighted by molar-refractivity contribution is 5.88. The SMILES string of the molecule is Cc1n[nH]c(C)c1[C@H]1CCCCCN1C(=O)Nc1ccccn1. The van der Waals surface area contributed by atoms with Gasteiger partial charge in [0.15, 0.2) is 0 Å². The zero-order chi connectivity index (χ0) is 16.2. The Morgan fingerprint density at radius 3 is 2.87 bits per heavy atom. The Bertz CT molecular complexity index is 647. The van der Waals surface area contributed by atoms with E-state index in [2.05, 4.69) is 20.5 Å². The molecule has 6 heteroatoms. The summed E-state index contributed by atoms with van der Waals surface area (Å²) in [5, 5.41) is 10.3. The quantitative estimate of drug-likeness (QED) is 0.890. The van der Waals surface area contributed by atoms with Gasteiger partial charge in [-0.3, -0.25) is 10.4 Å². The lowest BCUT2D eigenvalue weighted by molar-refractivity contribution is 0.189. The maximum absolute atomic E-state index is 12.8. The molecule has 2 amide bonds. The average molecular weight is 313 g/mol. The minimum absolute atomic E-state index is 0.0694. The number of H-pyrrole nitrogens is 1. The van der Waals surface area contributed by atoms with Crippen LogP contribution in [0.15, 0.2) is 24.4 Å². The third kappa shape index (κ3) is 3.36. The molecule has 1 aliphatic heterocycles. The second-order valence-corrected chi connectivity index (χ2v) is 6.05. The fraction of sp³-hybridized carbons (Fsp3) is 0.471. The van der Waals surface area contributed by atoms with Crippen LogP contribution in [0.5, 0.6) is 0 Å². The van der Waals surface area contributed by atoms with E-state index in [1.54, 1.807) is 12.3 Å². The first-order valence-electron chi connectivity index (χ1n) is 8.17. The second-order valence-electron chi connectivity index (χ2n) is 6.05. The highest BCUT2D eigenvalue weighted by Gasteiger charge is 2.30. The summed E-state index contributed by atoms with van der Waals surface area (Å²) in [6, 6.07) is 5.49. The van der Waals surface area contributed by atoms with Gasteiger partial charge in [0.05, 0.1) is 11.7 Å². The van der Waals surface area contributed by atoms with Gasteiger partial charge in [0, 0.05) is 24.0 Å². The summed E-state index contributed by atoms with van der Waals surface area (Å²) < 4.78 is 0. The van der Waals surface area contributed by atoms with Gasteiger partial charge < -0.3 is 4.90 Å². The van der Waals surface area contributed by atoms with Crippen LogP contribution in [0, 0.1) is 13.8 Å².